The highest BCUT2D eigenvalue weighted by atomic mass is 14.6. The molecule has 0 aliphatic heterocycles. The van der Waals surface area contributed by atoms with Crippen molar-refractivity contribution in [2.45, 2.75) is 19.3 Å². The monoisotopic (exact) mass is 150 g/mol. The molecule has 2 atom stereocenters. The SMILES string of the molecule is NC=C1C(N)=CC2CCC1C2. The molecule has 0 radical (unpaired) electrons. The van der Waals surface area contributed by atoms with Crippen LogP contribution in [0.4, 0.5) is 0 Å². The summed E-state index contributed by atoms with van der Waals surface area (Å²) in [6.07, 6.45) is 7.68. The fourth-order valence-corrected chi connectivity index (χ4v) is 2.27. The summed E-state index contributed by atoms with van der Waals surface area (Å²) < 4.78 is 0. The van der Waals surface area contributed by atoms with Gasteiger partial charge < -0.3 is 11.5 Å². The van der Waals surface area contributed by atoms with Crippen molar-refractivity contribution in [3.63, 3.8) is 0 Å². The van der Waals surface area contributed by atoms with Crippen molar-refractivity contribution in [1.82, 2.24) is 0 Å². The van der Waals surface area contributed by atoms with Gasteiger partial charge in [0.2, 0.25) is 0 Å². The summed E-state index contributed by atoms with van der Waals surface area (Å²) in [6, 6.07) is 0. The molecule has 2 nitrogen and oxygen atoms in total. The summed E-state index contributed by atoms with van der Waals surface area (Å²) >= 11 is 0. The van der Waals surface area contributed by atoms with Crippen LogP contribution in [0.5, 0.6) is 0 Å². The van der Waals surface area contributed by atoms with E-state index in [2.05, 4.69) is 6.08 Å². The normalized spacial score (nSPS) is 39.3. The Balaban J connectivity index is 2.35. The van der Waals surface area contributed by atoms with Gasteiger partial charge in [0, 0.05) is 5.70 Å². The molecule has 0 spiro atoms. The lowest BCUT2D eigenvalue weighted by atomic mass is 9.89. The second kappa shape index (κ2) is 2.29. The average molecular weight is 150 g/mol. The van der Waals surface area contributed by atoms with E-state index in [0.717, 1.165) is 11.6 Å². The molecular formula is C9H14N2. The van der Waals surface area contributed by atoms with Crippen LogP contribution in [-0.2, 0) is 0 Å². The third kappa shape index (κ3) is 0.934. The first-order chi connectivity index (χ1) is 5.31. The van der Waals surface area contributed by atoms with Gasteiger partial charge >= 0.3 is 0 Å². The van der Waals surface area contributed by atoms with Gasteiger partial charge in [-0.05, 0) is 42.9 Å². The Morgan fingerprint density at radius 3 is 3.00 bits per heavy atom. The molecule has 0 aromatic heterocycles. The molecule has 0 heterocycles. The first-order valence-corrected chi connectivity index (χ1v) is 4.20. The Bertz CT molecular complexity index is 228. The molecule has 2 heteroatoms. The Hall–Kier alpha value is -0.920. The minimum atomic E-state index is 0.662. The number of fused-ring (bicyclic) bond motifs is 2. The van der Waals surface area contributed by atoms with Crippen LogP contribution in [0.15, 0.2) is 23.5 Å². The summed E-state index contributed by atoms with van der Waals surface area (Å²) in [5.74, 6) is 1.40. The summed E-state index contributed by atoms with van der Waals surface area (Å²) in [7, 11) is 0. The van der Waals surface area contributed by atoms with Gasteiger partial charge in [-0.1, -0.05) is 6.08 Å². The molecule has 4 N–H and O–H groups in total. The first kappa shape index (κ1) is 6.77. The largest absolute Gasteiger partial charge is 0.404 e. The molecule has 2 aliphatic carbocycles. The zero-order valence-electron chi connectivity index (χ0n) is 6.59. The van der Waals surface area contributed by atoms with Gasteiger partial charge in [-0.3, -0.25) is 0 Å². The highest BCUT2D eigenvalue weighted by Crippen LogP contribution is 2.42. The van der Waals surface area contributed by atoms with Crippen LogP contribution in [-0.4, -0.2) is 0 Å². The lowest BCUT2D eigenvalue weighted by molar-refractivity contribution is 0.586. The minimum absolute atomic E-state index is 0.662. The van der Waals surface area contributed by atoms with Crippen molar-refractivity contribution in [3.05, 3.63) is 23.5 Å². The van der Waals surface area contributed by atoms with E-state index in [1.807, 2.05) is 0 Å². The standard InChI is InChI=1S/C9H14N2/c10-5-8-7-2-1-6(3-7)4-9(8)11/h4-7H,1-3,10-11H2. The van der Waals surface area contributed by atoms with Crippen LogP contribution in [0.1, 0.15) is 19.3 Å². The summed E-state index contributed by atoms with van der Waals surface area (Å²) in [4.78, 5) is 0. The highest BCUT2D eigenvalue weighted by molar-refractivity contribution is 5.35. The van der Waals surface area contributed by atoms with E-state index in [-0.39, 0.29) is 0 Å². The van der Waals surface area contributed by atoms with Gasteiger partial charge in [0.15, 0.2) is 0 Å². The van der Waals surface area contributed by atoms with E-state index in [0.29, 0.717) is 5.92 Å². The molecule has 0 aromatic carbocycles. The number of rotatable bonds is 0. The van der Waals surface area contributed by atoms with E-state index in [1.54, 1.807) is 6.20 Å². The molecule has 60 valence electrons. The predicted molar refractivity (Wildman–Crippen MR) is 45.4 cm³/mol. The third-order valence-electron chi connectivity index (χ3n) is 2.84. The van der Waals surface area contributed by atoms with Gasteiger partial charge in [-0.25, -0.2) is 0 Å². The lowest BCUT2D eigenvalue weighted by Gasteiger charge is -2.19. The topological polar surface area (TPSA) is 52.0 Å². The van der Waals surface area contributed by atoms with E-state index < -0.39 is 0 Å². The fraction of sp³-hybridized carbons (Fsp3) is 0.556. The first-order valence-electron chi connectivity index (χ1n) is 4.20. The van der Waals surface area contributed by atoms with Crippen molar-refractivity contribution in [3.8, 4) is 0 Å². The Morgan fingerprint density at radius 2 is 2.27 bits per heavy atom. The molecular weight excluding hydrogens is 136 g/mol. The van der Waals surface area contributed by atoms with Crippen LogP contribution < -0.4 is 11.5 Å². The van der Waals surface area contributed by atoms with E-state index >= 15 is 0 Å². The predicted octanol–water partition coefficient (Wildman–Crippen LogP) is 1.10. The molecule has 0 saturated heterocycles. The summed E-state index contributed by atoms with van der Waals surface area (Å²) in [6.45, 7) is 0. The molecule has 2 unspecified atom stereocenters. The molecule has 1 saturated carbocycles. The fourth-order valence-electron chi connectivity index (χ4n) is 2.27. The quantitative estimate of drug-likeness (QED) is 0.543. The third-order valence-corrected chi connectivity index (χ3v) is 2.84. The maximum Gasteiger partial charge on any atom is 0.0326 e. The van der Waals surface area contributed by atoms with Crippen molar-refractivity contribution in [2.24, 2.45) is 23.3 Å². The van der Waals surface area contributed by atoms with Crippen molar-refractivity contribution >= 4 is 0 Å². The lowest BCUT2D eigenvalue weighted by Crippen LogP contribution is -2.15. The molecule has 2 bridgehead atoms. The van der Waals surface area contributed by atoms with Gasteiger partial charge in [0.1, 0.15) is 0 Å². The van der Waals surface area contributed by atoms with Crippen LogP contribution in [0.3, 0.4) is 0 Å². The van der Waals surface area contributed by atoms with Gasteiger partial charge in [0.05, 0.1) is 0 Å². The summed E-state index contributed by atoms with van der Waals surface area (Å²) in [5.41, 5.74) is 13.4. The molecule has 2 rings (SSSR count). The minimum Gasteiger partial charge on any atom is -0.404 e. The second-order valence-electron chi connectivity index (χ2n) is 3.51. The van der Waals surface area contributed by atoms with Crippen LogP contribution in [0, 0.1) is 11.8 Å². The van der Waals surface area contributed by atoms with E-state index in [4.69, 9.17) is 11.5 Å². The van der Waals surface area contributed by atoms with E-state index in [9.17, 15) is 0 Å². The van der Waals surface area contributed by atoms with Crippen LogP contribution >= 0.6 is 0 Å². The van der Waals surface area contributed by atoms with Crippen LogP contribution in [0.25, 0.3) is 0 Å². The van der Waals surface area contributed by atoms with E-state index in [1.165, 1.54) is 24.8 Å². The number of hydrogen-bond donors (Lipinski definition) is 2. The second-order valence-corrected chi connectivity index (χ2v) is 3.51. The zero-order chi connectivity index (χ0) is 7.84. The Morgan fingerprint density at radius 1 is 1.45 bits per heavy atom. The van der Waals surface area contributed by atoms with Gasteiger partial charge in [0.25, 0.3) is 0 Å². The average Bonchev–Trinajstić information content (AvgIpc) is 2.34. The number of hydrogen-bond acceptors (Lipinski definition) is 2. The van der Waals surface area contributed by atoms with Gasteiger partial charge in [-0.15, -0.1) is 0 Å². The molecule has 2 aliphatic rings. The smallest absolute Gasteiger partial charge is 0.0326 e. The maximum absolute atomic E-state index is 5.82. The van der Waals surface area contributed by atoms with Crippen molar-refractivity contribution in [1.29, 1.82) is 0 Å². The molecule has 0 amide bonds. The number of allylic oxidation sites excluding steroid dienone is 2. The van der Waals surface area contributed by atoms with Gasteiger partial charge in [-0.2, -0.15) is 0 Å². The zero-order valence-corrected chi connectivity index (χ0v) is 6.59. The molecule has 0 aromatic rings. The van der Waals surface area contributed by atoms with Crippen LogP contribution in [0.2, 0.25) is 0 Å². The van der Waals surface area contributed by atoms with Crippen molar-refractivity contribution in [2.75, 3.05) is 0 Å². The Labute approximate surface area is 66.9 Å². The molecule has 11 heavy (non-hydrogen) atoms. The highest BCUT2D eigenvalue weighted by Gasteiger charge is 2.31. The number of nitrogens with two attached hydrogens (primary N) is 2. The van der Waals surface area contributed by atoms with Crippen molar-refractivity contribution < 1.29 is 0 Å². The summed E-state index contributed by atoms with van der Waals surface area (Å²) in [5, 5.41) is 0. The Kier molecular flexibility index (Phi) is 1.41. The molecule has 1 fully saturated rings. The maximum atomic E-state index is 5.82.